The maximum Gasteiger partial charge on any atom is 0.0518 e. The van der Waals surface area contributed by atoms with Crippen LogP contribution in [0.2, 0.25) is 0 Å². The van der Waals surface area contributed by atoms with Gasteiger partial charge in [0.25, 0.3) is 0 Å². The van der Waals surface area contributed by atoms with Gasteiger partial charge in [-0.2, -0.15) is 5.10 Å². The van der Waals surface area contributed by atoms with E-state index in [0.717, 1.165) is 5.69 Å². The van der Waals surface area contributed by atoms with Crippen molar-refractivity contribution in [1.82, 2.24) is 15.5 Å². The molecule has 0 aliphatic heterocycles. The molecule has 1 aromatic heterocycles. The summed E-state index contributed by atoms with van der Waals surface area (Å²) in [5.74, 6) is 0. The van der Waals surface area contributed by atoms with Crippen molar-refractivity contribution in [3.05, 3.63) is 53.3 Å². The van der Waals surface area contributed by atoms with Crippen molar-refractivity contribution in [1.29, 1.82) is 0 Å². The van der Waals surface area contributed by atoms with Gasteiger partial charge in [0.05, 0.1) is 5.69 Å². The van der Waals surface area contributed by atoms with Gasteiger partial charge >= 0.3 is 0 Å². The minimum atomic E-state index is 0.272. The molecule has 2 atom stereocenters. The Labute approximate surface area is 102 Å². The van der Waals surface area contributed by atoms with E-state index in [0.29, 0.717) is 6.04 Å². The summed E-state index contributed by atoms with van der Waals surface area (Å²) in [4.78, 5) is 0. The zero-order chi connectivity index (χ0) is 12.3. The standard InChI is InChI=1S/C14H19N3/c1-10-4-6-13(7-5-10)11(2)16-12(3)14-8-9-15-17-14/h4-9,11-12,16H,1-3H3,(H,15,17)/t11-,12?/m0/s1. The molecular weight excluding hydrogens is 210 g/mol. The van der Waals surface area contributed by atoms with Crippen molar-refractivity contribution < 1.29 is 0 Å². The minimum Gasteiger partial charge on any atom is -0.302 e. The summed E-state index contributed by atoms with van der Waals surface area (Å²) in [6.07, 6.45) is 1.78. The largest absolute Gasteiger partial charge is 0.302 e. The van der Waals surface area contributed by atoms with E-state index in [2.05, 4.69) is 60.6 Å². The Kier molecular flexibility index (Phi) is 3.59. The highest BCUT2D eigenvalue weighted by atomic mass is 15.1. The zero-order valence-electron chi connectivity index (χ0n) is 10.6. The number of aryl methyl sites for hydroxylation is 1. The molecule has 0 radical (unpaired) electrons. The lowest BCUT2D eigenvalue weighted by Crippen LogP contribution is -2.22. The van der Waals surface area contributed by atoms with Crippen LogP contribution in [-0.4, -0.2) is 10.2 Å². The highest BCUT2D eigenvalue weighted by molar-refractivity contribution is 5.24. The molecule has 0 fully saturated rings. The van der Waals surface area contributed by atoms with Crippen LogP contribution in [-0.2, 0) is 0 Å². The molecule has 17 heavy (non-hydrogen) atoms. The molecule has 2 aromatic rings. The molecule has 1 aromatic carbocycles. The number of hydrogen-bond acceptors (Lipinski definition) is 2. The van der Waals surface area contributed by atoms with Gasteiger partial charge in [-0.15, -0.1) is 0 Å². The summed E-state index contributed by atoms with van der Waals surface area (Å²) >= 11 is 0. The van der Waals surface area contributed by atoms with E-state index < -0.39 is 0 Å². The van der Waals surface area contributed by atoms with Gasteiger partial charge in [0, 0.05) is 18.3 Å². The van der Waals surface area contributed by atoms with Crippen molar-refractivity contribution in [3.8, 4) is 0 Å². The SMILES string of the molecule is Cc1ccc([C@H](C)NC(C)c2ccn[nH]2)cc1. The molecule has 0 amide bonds. The topological polar surface area (TPSA) is 40.7 Å². The third-order valence-electron chi connectivity index (χ3n) is 3.07. The molecule has 0 saturated carbocycles. The van der Waals surface area contributed by atoms with E-state index in [9.17, 15) is 0 Å². The predicted octanol–water partition coefficient (Wildman–Crippen LogP) is 3.13. The first-order chi connectivity index (χ1) is 8.16. The molecule has 90 valence electrons. The van der Waals surface area contributed by atoms with Gasteiger partial charge in [0.15, 0.2) is 0 Å². The number of nitrogens with one attached hydrogen (secondary N) is 2. The van der Waals surface area contributed by atoms with Crippen LogP contribution >= 0.6 is 0 Å². The number of aromatic amines is 1. The third-order valence-corrected chi connectivity index (χ3v) is 3.07. The molecule has 1 unspecified atom stereocenters. The average molecular weight is 229 g/mol. The summed E-state index contributed by atoms with van der Waals surface area (Å²) in [7, 11) is 0. The highest BCUT2D eigenvalue weighted by Crippen LogP contribution is 2.18. The molecule has 2 N–H and O–H groups in total. The van der Waals surface area contributed by atoms with Crippen LogP contribution in [0, 0.1) is 6.92 Å². The van der Waals surface area contributed by atoms with Crippen LogP contribution in [0.5, 0.6) is 0 Å². The van der Waals surface area contributed by atoms with E-state index in [1.54, 1.807) is 6.20 Å². The summed E-state index contributed by atoms with van der Waals surface area (Å²) < 4.78 is 0. The molecule has 0 spiro atoms. The lowest BCUT2D eigenvalue weighted by molar-refractivity contribution is 0.485. The van der Waals surface area contributed by atoms with Crippen molar-refractivity contribution in [2.24, 2.45) is 0 Å². The second kappa shape index (κ2) is 5.15. The number of hydrogen-bond donors (Lipinski definition) is 2. The van der Waals surface area contributed by atoms with Crippen LogP contribution in [0.4, 0.5) is 0 Å². The smallest absolute Gasteiger partial charge is 0.0518 e. The normalized spacial score (nSPS) is 14.5. The Morgan fingerprint density at radius 2 is 1.76 bits per heavy atom. The van der Waals surface area contributed by atoms with Crippen LogP contribution in [0.25, 0.3) is 0 Å². The van der Waals surface area contributed by atoms with Gasteiger partial charge in [-0.1, -0.05) is 29.8 Å². The molecule has 3 heteroatoms. The molecule has 0 saturated heterocycles. The molecule has 2 rings (SSSR count). The quantitative estimate of drug-likeness (QED) is 0.845. The average Bonchev–Trinajstić information content (AvgIpc) is 2.83. The highest BCUT2D eigenvalue weighted by Gasteiger charge is 2.11. The van der Waals surface area contributed by atoms with Gasteiger partial charge in [-0.05, 0) is 32.4 Å². The van der Waals surface area contributed by atoms with Gasteiger partial charge < -0.3 is 5.32 Å². The molecule has 3 nitrogen and oxygen atoms in total. The zero-order valence-corrected chi connectivity index (χ0v) is 10.6. The van der Waals surface area contributed by atoms with Crippen molar-refractivity contribution in [2.45, 2.75) is 32.9 Å². The fraction of sp³-hybridized carbons (Fsp3) is 0.357. The molecular formula is C14H19N3. The van der Waals surface area contributed by atoms with E-state index in [-0.39, 0.29) is 6.04 Å². The number of benzene rings is 1. The van der Waals surface area contributed by atoms with E-state index in [1.165, 1.54) is 11.1 Å². The maximum atomic E-state index is 3.97. The minimum absolute atomic E-state index is 0.272. The molecule has 0 bridgehead atoms. The van der Waals surface area contributed by atoms with E-state index in [1.807, 2.05) is 6.07 Å². The first-order valence-electron chi connectivity index (χ1n) is 5.98. The summed E-state index contributed by atoms with van der Waals surface area (Å²) in [6.45, 7) is 6.42. The van der Waals surface area contributed by atoms with Crippen molar-refractivity contribution in [2.75, 3.05) is 0 Å². The Morgan fingerprint density at radius 3 is 2.35 bits per heavy atom. The lowest BCUT2D eigenvalue weighted by atomic mass is 10.1. The fourth-order valence-electron chi connectivity index (χ4n) is 1.92. The van der Waals surface area contributed by atoms with Crippen LogP contribution in [0.1, 0.15) is 42.8 Å². The summed E-state index contributed by atoms with van der Waals surface area (Å²) in [5, 5.41) is 10.5. The second-order valence-electron chi connectivity index (χ2n) is 4.53. The summed E-state index contributed by atoms with van der Waals surface area (Å²) in [5.41, 5.74) is 3.72. The Balaban J connectivity index is 2.01. The van der Waals surface area contributed by atoms with E-state index in [4.69, 9.17) is 0 Å². The van der Waals surface area contributed by atoms with Crippen molar-refractivity contribution in [3.63, 3.8) is 0 Å². The fourth-order valence-corrected chi connectivity index (χ4v) is 1.92. The number of aromatic nitrogens is 2. The Morgan fingerprint density at radius 1 is 1.06 bits per heavy atom. The van der Waals surface area contributed by atoms with Crippen LogP contribution in [0.15, 0.2) is 36.5 Å². The third kappa shape index (κ3) is 2.94. The first kappa shape index (κ1) is 11.9. The Hall–Kier alpha value is -1.61. The van der Waals surface area contributed by atoms with Gasteiger partial charge in [0.1, 0.15) is 0 Å². The molecule has 1 heterocycles. The summed E-state index contributed by atoms with van der Waals surface area (Å²) in [6, 6.07) is 11.2. The molecule has 0 aliphatic carbocycles. The maximum absolute atomic E-state index is 3.97. The van der Waals surface area contributed by atoms with Gasteiger partial charge in [-0.25, -0.2) is 0 Å². The van der Waals surface area contributed by atoms with Gasteiger partial charge in [-0.3, -0.25) is 5.10 Å². The second-order valence-corrected chi connectivity index (χ2v) is 4.53. The lowest BCUT2D eigenvalue weighted by Gasteiger charge is -2.19. The first-order valence-corrected chi connectivity index (χ1v) is 5.98. The van der Waals surface area contributed by atoms with Gasteiger partial charge in [0.2, 0.25) is 0 Å². The van der Waals surface area contributed by atoms with Crippen molar-refractivity contribution >= 4 is 0 Å². The predicted molar refractivity (Wildman–Crippen MR) is 69.7 cm³/mol. The number of H-pyrrole nitrogens is 1. The number of rotatable bonds is 4. The van der Waals surface area contributed by atoms with E-state index >= 15 is 0 Å². The Bertz CT molecular complexity index is 445. The number of nitrogens with zero attached hydrogens (tertiary/aromatic N) is 1. The van der Waals surface area contributed by atoms with Crippen LogP contribution < -0.4 is 5.32 Å². The monoisotopic (exact) mass is 229 g/mol. The molecule has 0 aliphatic rings. The van der Waals surface area contributed by atoms with Crippen LogP contribution in [0.3, 0.4) is 0 Å².